The minimum Gasteiger partial charge on any atom is -0.305 e. The number of halogens is 1. The van der Waals surface area contributed by atoms with Crippen LogP contribution in [0.2, 0.25) is 0 Å². The number of amides is 1. The standard InChI is InChI=1S/C17H12IN3O2/c18-14-11-21(13-9-5-2-6-10-13)17(23)20-15(14)19-16(22)12-7-3-1-4-8-12/h1-11H,(H,19,20,22,23). The van der Waals surface area contributed by atoms with Crippen molar-refractivity contribution >= 4 is 34.3 Å². The number of para-hydroxylation sites is 1. The molecule has 5 nitrogen and oxygen atoms in total. The quantitative estimate of drug-likeness (QED) is 0.667. The van der Waals surface area contributed by atoms with Crippen molar-refractivity contribution in [2.45, 2.75) is 0 Å². The molecule has 0 spiro atoms. The van der Waals surface area contributed by atoms with E-state index in [0.29, 0.717) is 9.13 Å². The van der Waals surface area contributed by atoms with E-state index in [4.69, 9.17) is 0 Å². The van der Waals surface area contributed by atoms with Gasteiger partial charge in [0.25, 0.3) is 5.91 Å². The molecule has 0 aliphatic heterocycles. The van der Waals surface area contributed by atoms with Gasteiger partial charge in [-0.05, 0) is 46.9 Å². The maximum Gasteiger partial charge on any atom is 0.354 e. The lowest BCUT2D eigenvalue weighted by Crippen LogP contribution is -2.25. The molecule has 1 heterocycles. The lowest BCUT2D eigenvalue weighted by molar-refractivity contribution is 0.102. The molecule has 0 radical (unpaired) electrons. The summed E-state index contributed by atoms with van der Waals surface area (Å²) < 4.78 is 2.12. The highest BCUT2D eigenvalue weighted by Gasteiger charge is 2.12. The van der Waals surface area contributed by atoms with Crippen LogP contribution in [0.5, 0.6) is 0 Å². The number of aromatic nitrogens is 2. The Hall–Kier alpha value is -2.48. The van der Waals surface area contributed by atoms with Crippen molar-refractivity contribution in [3.8, 4) is 5.69 Å². The maximum absolute atomic E-state index is 12.2. The number of carbonyl (C=O) groups excluding carboxylic acids is 1. The Bertz CT molecular complexity index is 893. The van der Waals surface area contributed by atoms with Crippen LogP contribution in [0.4, 0.5) is 5.82 Å². The average Bonchev–Trinajstić information content (AvgIpc) is 2.59. The zero-order valence-electron chi connectivity index (χ0n) is 11.9. The first-order valence-corrected chi connectivity index (χ1v) is 7.94. The Morgan fingerprint density at radius 3 is 2.26 bits per heavy atom. The number of hydrogen-bond acceptors (Lipinski definition) is 3. The molecular weight excluding hydrogens is 405 g/mol. The van der Waals surface area contributed by atoms with Crippen molar-refractivity contribution in [3.05, 3.63) is 86.5 Å². The zero-order chi connectivity index (χ0) is 16.2. The summed E-state index contributed by atoms with van der Waals surface area (Å²) in [6, 6.07) is 18.0. The van der Waals surface area contributed by atoms with E-state index < -0.39 is 5.69 Å². The summed E-state index contributed by atoms with van der Waals surface area (Å²) in [5, 5.41) is 2.68. The molecule has 3 aromatic rings. The van der Waals surface area contributed by atoms with E-state index in [2.05, 4.69) is 10.3 Å². The Morgan fingerprint density at radius 1 is 1.00 bits per heavy atom. The molecule has 0 aliphatic rings. The Labute approximate surface area is 146 Å². The SMILES string of the molecule is O=C(Nc1nc(=O)n(-c2ccccc2)cc1I)c1ccccc1. The molecule has 1 amide bonds. The fourth-order valence-electron chi connectivity index (χ4n) is 2.06. The Balaban J connectivity index is 1.92. The van der Waals surface area contributed by atoms with Crippen molar-refractivity contribution in [3.63, 3.8) is 0 Å². The predicted molar refractivity (Wildman–Crippen MR) is 96.9 cm³/mol. The number of hydrogen-bond donors (Lipinski definition) is 1. The van der Waals surface area contributed by atoms with Gasteiger partial charge in [-0.3, -0.25) is 9.36 Å². The van der Waals surface area contributed by atoms with Gasteiger partial charge in [-0.2, -0.15) is 4.98 Å². The first-order valence-electron chi connectivity index (χ1n) is 6.86. The van der Waals surface area contributed by atoms with E-state index >= 15 is 0 Å². The molecule has 3 rings (SSSR count). The summed E-state index contributed by atoms with van der Waals surface area (Å²) in [6.45, 7) is 0. The second-order valence-electron chi connectivity index (χ2n) is 4.75. The molecule has 0 saturated carbocycles. The van der Waals surface area contributed by atoms with Crippen LogP contribution in [0.3, 0.4) is 0 Å². The van der Waals surface area contributed by atoms with Gasteiger partial charge in [0.05, 0.1) is 9.26 Å². The van der Waals surface area contributed by atoms with Gasteiger partial charge >= 0.3 is 5.69 Å². The third-order valence-electron chi connectivity index (χ3n) is 3.18. The van der Waals surface area contributed by atoms with Crippen LogP contribution in [0.1, 0.15) is 10.4 Å². The Morgan fingerprint density at radius 2 is 1.61 bits per heavy atom. The Kier molecular flexibility index (Phi) is 4.52. The van der Waals surface area contributed by atoms with Gasteiger partial charge in [0.1, 0.15) is 0 Å². The van der Waals surface area contributed by atoms with Crippen LogP contribution >= 0.6 is 22.6 Å². The number of anilines is 1. The lowest BCUT2D eigenvalue weighted by atomic mass is 10.2. The number of nitrogens with one attached hydrogen (secondary N) is 1. The summed E-state index contributed by atoms with van der Waals surface area (Å²) in [6.07, 6.45) is 1.66. The number of nitrogens with zero attached hydrogens (tertiary/aromatic N) is 2. The largest absolute Gasteiger partial charge is 0.354 e. The molecule has 0 aliphatic carbocycles. The van der Waals surface area contributed by atoms with Gasteiger partial charge < -0.3 is 5.32 Å². The van der Waals surface area contributed by atoms with Crippen LogP contribution in [-0.2, 0) is 0 Å². The topological polar surface area (TPSA) is 64.0 Å². The van der Waals surface area contributed by atoms with E-state index in [0.717, 1.165) is 5.69 Å². The van der Waals surface area contributed by atoms with Gasteiger partial charge in [0, 0.05) is 11.8 Å². The summed E-state index contributed by atoms with van der Waals surface area (Å²) in [4.78, 5) is 28.4. The van der Waals surface area contributed by atoms with Gasteiger partial charge in [-0.25, -0.2) is 4.79 Å². The summed E-state index contributed by atoms with van der Waals surface area (Å²) in [5.41, 5.74) is 0.793. The number of rotatable bonds is 3. The second-order valence-corrected chi connectivity index (χ2v) is 5.91. The molecule has 6 heteroatoms. The highest BCUT2D eigenvalue weighted by Crippen LogP contribution is 2.15. The van der Waals surface area contributed by atoms with E-state index in [9.17, 15) is 9.59 Å². The van der Waals surface area contributed by atoms with E-state index in [1.165, 1.54) is 4.57 Å². The highest BCUT2D eigenvalue weighted by molar-refractivity contribution is 14.1. The van der Waals surface area contributed by atoms with Crippen LogP contribution < -0.4 is 11.0 Å². The van der Waals surface area contributed by atoms with Gasteiger partial charge in [-0.15, -0.1) is 0 Å². The van der Waals surface area contributed by atoms with Crippen molar-refractivity contribution in [2.24, 2.45) is 0 Å². The van der Waals surface area contributed by atoms with Crippen LogP contribution in [0.15, 0.2) is 71.7 Å². The summed E-state index contributed by atoms with van der Waals surface area (Å²) >= 11 is 2.05. The molecule has 0 fully saturated rings. The van der Waals surface area contributed by atoms with Crippen molar-refractivity contribution in [1.29, 1.82) is 0 Å². The van der Waals surface area contributed by atoms with Crippen LogP contribution in [0, 0.1) is 3.57 Å². The maximum atomic E-state index is 12.2. The van der Waals surface area contributed by atoms with E-state index in [-0.39, 0.29) is 11.7 Å². The van der Waals surface area contributed by atoms with Crippen molar-refractivity contribution in [2.75, 3.05) is 5.32 Å². The molecule has 114 valence electrons. The third kappa shape index (κ3) is 3.48. The molecule has 0 bridgehead atoms. The van der Waals surface area contributed by atoms with E-state index in [1.54, 1.807) is 30.5 Å². The molecule has 23 heavy (non-hydrogen) atoms. The summed E-state index contributed by atoms with van der Waals surface area (Å²) in [7, 11) is 0. The summed E-state index contributed by atoms with van der Waals surface area (Å²) in [5.74, 6) is -0.0375. The normalized spacial score (nSPS) is 10.3. The molecular formula is C17H12IN3O2. The minimum atomic E-state index is -0.444. The van der Waals surface area contributed by atoms with Gasteiger partial charge in [0.15, 0.2) is 5.82 Å². The van der Waals surface area contributed by atoms with Crippen molar-refractivity contribution in [1.82, 2.24) is 9.55 Å². The van der Waals surface area contributed by atoms with Crippen LogP contribution in [-0.4, -0.2) is 15.5 Å². The monoisotopic (exact) mass is 417 g/mol. The average molecular weight is 417 g/mol. The van der Waals surface area contributed by atoms with E-state index in [1.807, 2.05) is 59.0 Å². The first kappa shape index (κ1) is 15.4. The molecule has 0 saturated heterocycles. The molecule has 2 aromatic carbocycles. The fourth-order valence-corrected chi connectivity index (χ4v) is 2.60. The number of benzene rings is 2. The van der Waals surface area contributed by atoms with Gasteiger partial charge in [0.2, 0.25) is 0 Å². The highest BCUT2D eigenvalue weighted by atomic mass is 127. The van der Waals surface area contributed by atoms with Crippen LogP contribution in [0.25, 0.3) is 5.69 Å². The second kappa shape index (κ2) is 6.74. The van der Waals surface area contributed by atoms with Gasteiger partial charge in [-0.1, -0.05) is 36.4 Å². The smallest absolute Gasteiger partial charge is 0.305 e. The predicted octanol–water partition coefficient (Wildman–Crippen LogP) is 3.09. The number of carbonyl (C=O) groups is 1. The lowest BCUT2D eigenvalue weighted by Gasteiger charge is -2.10. The fraction of sp³-hybridized carbons (Fsp3) is 0. The molecule has 1 N–H and O–H groups in total. The van der Waals surface area contributed by atoms with Crippen molar-refractivity contribution < 1.29 is 4.79 Å². The molecule has 0 atom stereocenters. The minimum absolute atomic E-state index is 0.261. The molecule has 0 unspecified atom stereocenters. The zero-order valence-corrected chi connectivity index (χ0v) is 14.1. The molecule has 1 aromatic heterocycles. The first-order chi connectivity index (χ1) is 11.1. The third-order valence-corrected chi connectivity index (χ3v) is 3.97.